The average molecular weight is 371 g/mol. The van der Waals surface area contributed by atoms with E-state index in [0.29, 0.717) is 12.3 Å². The third-order valence-electron chi connectivity index (χ3n) is 5.42. The van der Waals surface area contributed by atoms with Gasteiger partial charge >= 0.3 is 11.8 Å². The molecule has 1 rings (SSSR count). The van der Waals surface area contributed by atoms with Gasteiger partial charge in [0.1, 0.15) is 0 Å². The van der Waals surface area contributed by atoms with Gasteiger partial charge in [-0.25, -0.2) is 4.79 Å². The standard InChI is InChI=1S/C21H35FO4/c1-3-4-5-6-7-8-12-17-14-15-19(23)18(17)13-10-9-11-16(2)21(22,26)20(24)25/h8,10,12-13,16-19,23,26H,3-7,9,11,14-15H2,1-2H3,(H,24,25)/b12-8+,13-10-/t16?,17-,18+,19-,21-/m0/s1. The van der Waals surface area contributed by atoms with Crippen LogP contribution in [0.25, 0.3) is 0 Å². The van der Waals surface area contributed by atoms with Crippen LogP contribution in [0, 0.1) is 17.8 Å². The second-order valence-electron chi connectivity index (χ2n) is 7.55. The van der Waals surface area contributed by atoms with Crippen molar-refractivity contribution in [3.63, 3.8) is 0 Å². The second-order valence-corrected chi connectivity index (χ2v) is 7.55. The van der Waals surface area contributed by atoms with Crippen molar-refractivity contribution in [1.29, 1.82) is 0 Å². The quantitative estimate of drug-likeness (QED) is 0.346. The fraction of sp³-hybridized carbons (Fsp3) is 0.762. The Hall–Kier alpha value is -1.20. The Labute approximate surface area is 156 Å². The van der Waals surface area contributed by atoms with E-state index in [2.05, 4.69) is 19.1 Å². The van der Waals surface area contributed by atoms with Crippen LogP contribution in [-0.2, 0) is 4.79 Å². The molecule has 3 N–H and O–H groups in total. The minimum atomic E-state index is -3.19. The van der Waals surface area contributed by atoms with Crippen molar-refractivity contribution in [2.24, 2.45) is 17.8 Å². The second kappa shape index (κ2) is 11.5. The van der Waals surface area contributed by atoms with E-state index < -0.39 is 17.7 Å². The number of aliphatic carboxylic acids is 1. The van der Waals surface area contributed by atoms with Crippen LogP contribution in [-0.4, -0.2) is 33.2 Å². The SMILES string of the molecule is CCCCCC/C=C/[C@H]1CC[C@H](O)[C@@H]1/C=C\CCC(C)[C@@](O)(F)C(=O)O. The molecule has 5 heteroatoms. The first-order valence-corrected chi connectivity index (χ1v) is 9.96. The summed E-state index contributed by atoms with van der Waals surface area (Å²) in [4.78, 5) is 10.7. The number of alkyl halides is 1. The highest BCUT2D eigenvalue weighted by Crippen LogP contribution is 2.34. The van der Waals surface area contributed by atoms with Crippen LogP contribution in [0.15, 0.2) is 24.3 Å². The van der Waals surface area contributed by atoms with E-state index in [-0.39, 0.29) is 18.4 Å². The Kier molecular flexibility index (Phi) is 10.1. The summed E-state index contributed by atoms with van der Waals surface area (Å²) in [5, 5.41) is 28.1. The van der Waals surface area contributed by atoms with Gasteiger partial charge in [-0.15, -0.1) is 0 Å². The first-order valence-electron chi connectivity index (χ1n) is 9.96. The highest BCUT2D eigenvalue weighted by atomic mass is 19.2. The predicted octanol–water partition coefficient (Wildman–Crippen LogP) is 4.62. The molecule has 5 atom stereocenters. The molecule has 0 aromatic heterocycles. The van der Waals surface area contributed by atoms with Crippen LogP contribution >= 0.6 is 0 Å². The fourth-order valence-electron chi connectivity index (χ4n) is 3.49. The van der Waals surface area contributed by atoms with Gasteiger partial charge in [-0.05, 0) is 44.4 Å². The van der Waals surface area contributed by atoms with E-state index in [1.54, 1.807) is 0 Å². The number of hydrogen-bond donors (Lipinski definition) is 3. The van der Waals surface area contributed by atoms with Crippen molar-refractivity contribution in [3.05, 3.63) is 24.3 Å². The molecule has 0 aliphatic heterocycles. The Morgan fingerprint density at radius 3 is 2.54 bits per heavy atom. The molecule has 0 radical (unpaired) electrons. The smallest absolute Gasteiger partial charge is 0.369 e. The Bertz CT molecular complexity index is 473. The van der Waals surface area contributed by atoms with Gasteiger partial charge in [-0.3, -0.25) is 0 Å². The minimum absolute atomic E-state index is 0.0564. The van der Waals surface area contributed by atoms with Gasteiger partial charge in [0.2, 0.25) is 0 Å². The third kappa shape index (κ3) is 7.20. The Morgan fingerprint density at radius 2 is 1.88 bits per heavy atom. The number of halogens is 1. The van der Waals surface area contributed by atoms with Gasteiger partial charge in [-0.2, -0.15) is 4.39 Å². The van der Waals surface area contributed by atoms with Crippen molar-refractivity contribution in [1.82, 2.24) is 0 Å². The highest BCUT2D eigenvalue weighted by Gasteiger charge is 2.41. The molecule has 0 heterocycles. The lowest BCUT2D eigenvalue weighted by Crippen LogP contribution is -2.40. The molecule has 1 aliphatic carbocycles. The van der Waals surface area contributed by atoms with Crippen molar-refractivity contribution >= 4 is 5.97 Å². The summed E-state index contributed by atoms with van der Waals surface area (Å²) in [6.07, 6.45) is 16.4. The van der Waals surface area contributed by atoms with Crippen molar-refractivity contribution in [3.8, 4) is 0 Å². The number of carboxylic acid groups (broad SMARTS) is 1. The Morgan fingerprint density at radius 1 is 1.19 bits per heavy atom. The van der Waals surface area contributed by atoms with Crippen molar-refractivity contribution in [2.75, 3.05) is 0 Å². The summed E-state index contributed by atoms with van der Waals surface area (Å²) in [7, 11) is 0. The van der Waals surface area contributed by atoms with Crippen LogP contribution in [0.2, 0.25) is 0 Å². The zero-order valence-electron chi connectivity index (χ0n) is 16.1. The van der Waals surface area contributed by atoms with Gasteiger partial charge in [0, 0.05) is 11.8 Å². The molecule has 1 unspecified atom stereocenters. The highest BCUT2D eigenvalue weighted by molar-refractivity contribution is 5.75. The first kappa shape index (κ1) is 22.8. The van der Waals surface area contributed by atoms with E-state index >= 15 is 0 Å². The average Bonchev–Trinajstić information content (AvgIpc) is 2.94. The number of hydrogen-bond acceptors (Lipinski definition) is 3. The maximum absolute atomic E-state index is 13.6. The lowest BCUT2D eigenvalue weighted by Gasteiger charge is -2.21. The van der Waals surface area contributed by atoms with E-state index in [1.807, 2.05) is 12.2 Å². The number of aliphatic hydroxyl groups excluding tert-OH is 1. The number of rotatable bonds is 12. The monoisotopic (exact) mass is 370 g/mol. The number of carboxylic acids is 1. The summed E-state index contributed by atoms with van der Waals surface area (Å²) in [5.74, 6) is -5.65. The van der Waals surface area contributed by atoms with Gasteiger partial charge < -0.3 is 15.3 Å². The molecular weight excluding hydrogens is 335 g/mol. The molecule has 4 nitrogen and oxygen atoms in total. The summed E-state index contributed by atoms with van der Waals surface area (Å²) in [5.41, 5.74) is 0. The molecule has 150 valence electrons. The molecule has 1 saturated carbocycles. The summed E-state index contributed by atoms with van der Waals surface area (Å²) < 4.78 is 13.6. The maximum atomic E-state index is 13.6. The van der Waals surface area contributed by atoms with Crippen LogP contribution in [0.3, 0.4) is 0 Å². The molecule has 1 aliphatic rings. The fourth-order valence-corrected chi connectivity index (χ4v) is 3.49. The number of aliphatic hydroxyl groups is 2. The molecule has 1 fully saturated rings. The molecule has 0 spiro atoms. The first-order chi connectivity index (χ1) is 12.3. The zero-order chi connectivity index (χ0) is 19.6. The van der Waals surface area contributed by atoms with Gasteiger partial charge in [0.15, 0.2) is 0 Å². The summed E-state index contributed by atoms with van der Waals surface area (Å²) in [6.45, 7) is 3.58. The summed E-state index contributed by atoms with van der Waals surface area (Å²) in [6, 6.07) is 0. The topological polar surface area (TPSA) is 77.8 Å². The van der Waals surface area contributed by atoms with Crippen LogP contribution in [0.1, 0.15) is 71.6 Å². The third-order valence-corrected chi connectivity index (χ3v) is 5.42. The van der Waals surface area contributed by atoms with Gasteiger partial charge in [-0.1, -0.05) is 57.4 Å². The molecule has 0 aromatic carbocycles. The van der Waals surface area contributed by atoms with Gasteiger partial charge in [0.25, 0.3) is 0 Å². The zero-order valence-corrected chi connectivity index (χ0v) is 16.1. The number of unbranched alkanes of at least 4 members (excludes halogenated alkanes) is 4. The van der Waals surface area contributed by atoms with E-state index in [0.717, 1.165) is 19.3 Å². The largest absolute Gasteiger partial charge is 0.477 e. The maximum Gasteiger partial charge on any atom is 0.369 e. The number of allylic oxidation sites excluding steroid dienone is 3. The molecule has 0 bridgehead atoms. The van der Waals surface area contributed by atoms with Crippen molar-refractivity contribution < 1.29 is 24.5 Å². The minimum Gasteiger partial charge on any atom is -0.477 e. The van der Waals surface area contributed by atoms with Crippen LogP contribution < -0.4 is 0 Å². The lowest BCUT2D eigenvalue weighted by molar-refractivity contribution is -0.192. The van der Waals surface area contributed by atoms with E-state index in [1.165, 1.54) is 32.6 Å². The van der Waals surface area contributed by atoms with Gasteiger partial charge in [0.05, 0.1) is 6.10 Å². The van der Waals surface area contributed by atoms with Crippen LogP contribution in [0.5, 0.6) is 0 Å². The van der Waals surface area contributed by atoms with E-state index in [4.69, 9.17) is 5.11 Å². The molecular formula is C21H35FO4. The van der Waals surface area contributed by atoms with Crippen molar-refractivity contribution in [2.45, 2.75) is 83.6 Å². The normalized spacial score (nSPS) is 27.2. The number of carbonyl (C=O) groups is 1. The van der Waals surface area contributed by atoms with E-state index in [9.17, 15) is 19.4 Å². The molecule has 0 amide bonds. The Balaban J connectivity index is 2.43. The van der Waals surface area contributed by atoms with Crippen LogP contribution in [0.4, 0.5) is 4.39 Å². The molecule has 0 aromatic rings. The predicted molar refractivity (Wildman–Crippen MR) is 101 cm³/mol. The molecule has 26 heavy (non-hydrogen) atoms. The lowest BCUT2D eigenvalue weighted by atomic mass is 9.92. The molecule has 0 saturated heterocycles. The summed E-state index contributed by atoms with van der Waals surface area (Å²) >= 11 is 0.